The number of oxime groups is 1. The second kappa shape index (κ2) is 6.22. The lowest BCUT2D eigenvalue weighted by molar-refractivity contribution is 0.0927. The summed E-state index contributed by atoms with van der Waals surface area (Å²) in [6.45, 7) is 0. The van der Waals surface area contributed by atoms with Crippen LogP contribution < -0.4 is 11.1 Å². The third-order valence-corrected chi connectivity index (χ3v) is 3.49. The van der Waals surface area contributed by atoms with E-state index in [1.54, 1.807) is 24.3 Å². The Kier molecular flexibility index (Phi) is 4.39. The zero-order valence-corrected chi connectivity index (χ0v) is 10.8. The summed E-state index contributed by atoms with van der Waals surface area (Å²) in [6.07, 6.45) is 5.77. The Morgan fingerprint density at radius 2 is 1.74 bits per heavy atom. The third kappa shape index (κ3) is 3.47. The Hall–Kier alpha value is -2.04. The van der Waals surface area contributed by atoms with Crippen LogP contribution in [0.5, 0.6) is 0 Å². The number of carbonyl (C=O) groups excluding carboxylic acids is 1. The zero-order chi connectivity index (χ0) is 13.7. The number of rotatable bonds is 3. The number of hydrogen-bond donors (Lipinski definition) is 3. The van der Waals surface area contributed by atoms with Gasteiger partial charge in [0.1, 0.15) is 0 Å². The quantitative estimate of drug-likeness (QED) is 0.336. The summed E-state index contributed by atoms with van der Waals surface area (Å²) in [6, 6.07) is 7.01. The van der Waals surface area contributed by atoms with E-state index < -0.39 is 0 Å². The average Bonchev–Trinajstić information content (AvgIpc) is 2.47. The standard InChI is InChI=1S/C14H19N3O2/c15-13(17-19)10-6-8-11(9-7-10)14(18)16-12-4-2-1-3-5-12/h6-9,12,19H,1-5H2,(H2,15,17)(H,16,18). The third-order valence-electron chi connectivity index (χ3n) is 3.49. The maximum Gasteiger partial charge on any atom is 0.251 e. The largest absolute Gasteiger partial charge is 0.409 e. The van der Waals surface area contributed by atoms with Crippen LogP contribution >= 0.6 is 0 Å². The lowest BCUT2D eigenvalue weighted by Gasteiger charge is -2.22. The number of nitrogens with one attached hydrogen (secondary N) is 1. The molecule has 1 aliphatic rings. The number of amides is 1. The molecule has 0 aliphatic heterocycles. The van der Waals surface area contributed by atoms with Crippen LogP contribution in [-0.4, -0.2) is 23.0 Å². The molecule has 5 nitrogen and oxygen atoms in total. The lowest BCUT2D eigenvalue weighted by Crippen LogP contribution is -2.36. The molecule has 0 heterocycles. The van der Waals surface area contributed by atoms with Crippen LogP contribution in [0.1, 0.15) is 48.0 Å². The van der Waals surface area contributed by atoms with Crippen LogP contribution in [-0.2, 0) is 0 Å². The van der Waals surface area contributed by atoms with Gasteiger partial charge in [-0.05, 0) is 25.0 Å². The fraction of sp³-hybridized carbons (Fsp3) is 0.429. The van der Waals surface area contributed by atoms with Crippen molar-refractivity contribution in [2.24, 2.45) is 10.9 Å². The number of carbonyl (C=O) groups is 1. The lowest BCUT2D eigenvalue weighted by atomic mass is 9.95. The van der Waals surface area contributed by atoms with Crippen molar-refractivity contribution in [2.45, 2.75) is 38.1 Å². The van der Waals surface area contributed by atoms with E-state index >= 15 is 0 Å². The van der Waals surface area contributed by atoms with E-state index in [4.69, 9.17) is 10.9 Å². The summed E-state index contributed by atoms with van der Waals surface area (Å²) in [5.74, 6) is -0.0165. The Bertz CT molecular complexity index is 462. The maximum atomic E-state index is 12.0. The molecule has 0 unspecified atom stereocenters. The molecule has 0 saturated heterocycles. The Morgan fingerprint density at radius 3 is 2.32 bits per heavy atom. The average molecular weight is 261 g/mol. The van der Waals surface area contributed by atoms with Gasteiger partial charge in [-0.1, -0.05) is 36.6 Å². The Balaban J connectivity index is 1.99. The van der Waals surface area contributed by atoms with Crippen LogP contribution in [0.4, 0.5) is 0 Å². The monoisotopic (exact) mass is 261 g/mol. The van der Waals surface area contributed by atoms with E-state index in [2.05, 4.69) is 10.5 Å². The molecule has 5 heteroatoms. The van der Waals surface area contributed by atoms with Crippen LogP contribution in [0.15, 0.2) is 29.4 Å². The molecule has 102 valence electrons. The molecule has 1 fully saturated rings. The first-order chi connectivity index (χ1) is 9.20. The fourth-order valence-corrected chi connectivity index (χ4v) is 2.37. The summed E-state index contributed by atoms with van der Waals surface area (Å²) in [7, 11) is 0. The van der Waals surface area contributed by atoms with Gasteiger partial charge >= 0.3 is 0 Å². The van der Waals surface area contributed by atoms with E-state index in [0.29, 0.717) is 17.2 Å². The van der Waals surface area contributed by atoms with Crippen LogP contribution in [0.2, 0.25) is 0 Å². The number of amidine groups is 1. The predicted octanol–water partition coefficient (Wildman–Crippen LogP) is 1.84. The van der Waals surface area contributed by atoms with Gasteiger partial charge in [-0.15, -0.1) is 0 Å². The second-order valence-corrected chi connectivity index (χ2v) is 4.87. The van der Waals surface area contributed by atoms with Crippen molar-refractivity contribution in [3.05, 3.63) is 35.4 Å². The number of benzene rings is 1. The molecule has 1 aromatic carbocycles. The molecule has 4 N–H and O–H groups in total. The summed E-state index contributed by atoms with van der Waals surface area (Å²) < 4.78 is 0. The van der Waals surface area contributed by atoms with Gasteiger partial charge in [0.2, 0.25) is 0 Å². The molecule has 0 aromatic heterocycles. The minimum Gasteiger partial charge on any atom is -0.409 e. The van der Waals surface area contributed by atoms with Gasteiger partial charge in [-0.25, -0.2) is 0 Å². The molecule has 1 saturated carbocycles. The highest BCUT2D eigenvalue weighted by molar-refractivity contribution is 5.99. The first-order valence-electron chi connectivity index (χ1n) is 6.59. The van der Waals surface area contributed by atoms with E-state index in [9.17, 15) is 4.79 Å². The highest BCUT2D eigenvalue weighted by Gasteiger charge is 2.16. The molecule has 0 bridgehead atoms. The van der Waals surface area contributed by atoms with Gasteiger partial charge < -0.3 is 16.3 Å². The molecule has 0 radical (unpaired) electrons. The second-order valence-electron chi connectivity index (χ2n) is 4.87. The number of hydrogen-bond acceptors (Lipinski definition) is 3. The van der Waals surface area contributed by atoms with Gasteiger partial charge in [0.05, 0.1) is 0 Å². The molecule has 2 rings (SSSR count). The Morgan fingerprint density at radius 1 is 1.16 bits per heavy atom. The van der Waals surface area contributed by atoms with Crippen molar-refractivity contribution in [1.29, 1.82) is 0 Å². The minimum absolute atomic E-state index is 0.0410. The van der Waals surface area contributed by atoms with Crippen molar-refractivity contribution < 1.29 is 10.0 Å². The molecule has 0 spiro atoms. The van der Waals surface area contributed by atoms with Crippen molar-refractivity contribution in [3.63, 3.8) is 0 Å². The van der Waals surface area contributed by atoms with E-state index in [0.717, 1.165) is 12.8 Å². The first-order valence-corrected chi connectivity index (χ1v) is 6.59. The summed E-state index contributed by atoms with van der Waals surface area (Å²) >= 11 is 0. The Labute approximate surface area is 112 Å². The zero-order valence-electron chi connectivity index (χ0n) is 10.8. The molecule has 1 aliphatic carbocycles. The van der Waals surface area contributed by atoms with Crippen LogP contribution in [0.3, 0.4) is 0 Å². The van der Waals surface area contributed by atoms with Gasteiger partial charge in [0.15, 0.2) is 5.84 Å². The highest BCUT2D eigenvalue weighted by Crippen LogP contribution is 2.17. The molecule has 1 amide bonds. The molecule has 0 atom stereocenters. The normalized spacial score (nSPS) is 17.2. The first kappa shape index (κ1) is 13.4. The van der Waals surface area contributed by atoms with Crippen molar-refractivity contribution in [1.82, 2.24) is 5.32 Å². The smallest absolute Gasteiger partial charge is 0.251 e. The van der Waals surface area contributed by atoms with Crippen LogP contribution in [0.25, 0.3) is 0 Å². The summed E-state index contributed by atoms with van der Waals surface area (Å²) in [5.41, 5.74) is 6.66. The van der Waals surface area contributed by atoms with E-state index in [-0.39, 0.29) is 11.7 Å². The van der Waals surface area contributed by atoms with E-state index in [1.165, 1.54) is 19.3 Å². The topological polar surface area (TPSA) is 87.7 Å². The van der Waals surface area contributed by atoms with E-state index in [1.807, 2.05) is 0 Å². The van der Waals surface area contributed by atoms with Gasteiger partial charge in [-0.2, -0.15) is 0 Å². The summed E-state index contributed by atoms with van der Waals surface area (Å²) in [4.78, 5) is 12.0. The minimum atomic E-state index is -0.0574. The molecule has 1 aromatic rings. The maximum absolute atomic E-state index is 12.0. The van der Waals surface area contributed by atoms with Crippen molar-refractivity contribution in [2.75, 3.05) is 0 Å². The van der Waals surface area contributed by atoms with Crippen LogP contribution in [0, 0.1) is 0 Å². The van der Waals surface area contributed by atoms with Gasteiger partial charge in [-0.3, -0.25) is 4.79 Å². The fourth-order valence-electron chi connectivity index (χ4n) is 2.37. The highest BCUT2D eigenvalue weighted by atomic mass is 16.4. The van der Waals surface area contributed by atoms with Crippen molar-refractivity contribution in [3.8, 4) is 0 Å². The molecule has 19 heavy (non-hydrogen) atoms. The van der Waals surface area contributed by atoms with Gasteiger partial charge in [0, 0.05) is 17.2 Å². The van der Waals surface area contributed by atoms with Gasteiger partial charge in [0.25, 0.3) is 5.91 Å². The molecular weight excluding hydrogens is 242 g/mol. The molecular formula is C14H19N3O2. The number of nitrogens with zero attached hydrogens (tertiary/aromatic N) is 1. The SMILES string of the molecule is N/C(=N\O)c1ccc(C(=O)NC2CCCCC2)cc1. The number of nitrogens with two attached hydrogens (primary N) is 1. The van der Waals surface area contributed by atoms with Crippen molar-refractivity contribution >= 4 is 11.7 Å². The summed E-state index contributed by atoms with van der Waals surface area (Å²) in [5, 5.41) is 14.5. The predicted molar refractivity (Wildman–Crippen MR) is 73.3 cm³/mol.